The van der Waals surface area contributed by atoms with E-state index in [9.17, 15) is 4.79 Å². The zero-order valence-corrected chi connectivity index (χ0v) is 10.6. The van der Waals surface area contributed by atoms with Crippen molar-refractivity contribution in [1.82, 2.24) is 14.8 Å². The average molecular weight is 235 g/mol. The molecule has 0 unspecified atom stereocenters. The summed E-state index contributed by atoms with van der Waals surface area (Å²) in [5.41, 5.74) is 1.27. The summed E-state index contributed by atoms with van der Waals surface area (Å²) >= 11 is 0. The van der Waals surface area contributed by atoms with Crippen molar-refractivity contribution in [3.63, 3.8) is 0 Å². The summed E-state index contributed by atoms with van der Waals surface area (Å²) in [5, 5.41) is 3.49. The van der Waals surface area contributed by atoms with Gasteiger partial charge in [0, 0.05) is 51.5 Å². The Balaban J connectivity index is 1.82. The van der Waals surface area contributed by atoms with Gasteiger partial charge in [-0.1, -0.05) is 0 Å². The first-order valence-corrected chi connectivity index (χ1v) is 6.24. The molecule has 1 amide bonds. The van der Waals surface area contributed by atoms with Crippen LogP contribution >= 0.6 is 0 Å². The molecule has 1 saturated carbocycles. The van der Waals surface area contributed by atoms with Crippen LogP contribution in [0.3, 0.4) is 0 Å². The lowest BCUT2D eigenvalue weighted by atomic mass is 10.3. The normalized spacial score (nSPS) is 14.9. The van der Waals surface area contributed by atoms with E-state index in [1.807, 2.05) is 12.3 Å². The van der Waals surface area contributed by atoms with Crippen molar-refractivity contribution in [1.29, 1.82) is 0 Å². The third-order valence-corrected chi connectivity index (χ3v) is 3.14. The minimum atomic E-state index is 0.180. The number of nitrogens with one attached hydrogen (secondary N) is 1. The van der Waals surface area contributed by atoms with E-state index in [1.54, 1.807) is 19.0 Å². The van der Waals surface area contributed by atoms with Crippen molar-refractivity contribution in [2.24, 2.45) is 0 Å². The van der Waals surface area contributed by atoms with Gasteiger partial charge in [-0.3, -0.25) is 4.79 Å². The Morgan fingerprint density at radius 2 is 2.29 bits per heavy atom. The van der Waals surface area contributed by atoms with Crippen LogP contribution in [0.4, 0.5) is 0 Å². The second kappa shape index (κ2) is 5.36. The van der Waals surface area contributed by atoms with Gasteiger partial charge in [-0.2, -0.15) is 0 Å². The van der Waals surface area contributed by atoms with Gasteiger partial charge < -0.3 is 14.8 Å². The number of hydrogen-bond donors (Lipinski definition) is 1. The van der Waals surface area contributed by atoms with Crippen molar-refractivity contribution in [3.8, 4) is 0 Å². The summed E-state index contributed by atoms with van der Waals surface area (Å²) in [6, 6.07) is 4.89. The minimum absolute atomic E-state index is 0.180. The first-order valence-electron chi connectivity index (χ1n) is 6.24. The molecular formula is C13H21N3O. The monoisotopic (exact) mass is 235 g/mol. The molecule has 94 valence electrons. The molecule has 1 fully saturated rings. The number of amides is 1. The number of aromatic nitrogens is 1. The van der Waals surface area contributed by atoms with Gasteiger partial charge in [-0.15, -0.1) is 0 Å². The van der Waals surface area contributed by atoms with Crippen LogP contribution in [-0.4, -0.2) is 35.5 Å². The van der Waals surface area contributed by atoms with Crippen LogP contribution in [-0.2, 0) is 17.9 Å². The maximum atomic E-state index is 11.5. The highest BCUT2D eigenvalue weighted by Gasteiger charge is 2.20. The van der Waals surface area contributed by atoms with E-state index in [0.717, 1.165) is 19.1 Å². The van der Waals surface area contributed by atoms with E-state index < -0.39 is 0 Å². The van der Waals surface area contributed by atoms with E-state index in [1.165, 1.54) is 18.5 Å². The highest BCUT2D eigenvalue weighted by molar-refractivity contribution is 5.75. The van der Waals surface area contributed by atoms with E-state index in [2.05, 4.69) is 16.0 Å². The maximum Gasteiger partial charge on any atom is 0.223 e. The Hall–Kier alpha value is -1.29. The molecule has 1 heterocycles. The second-order valence-electron chi connectivity index (χ2n) is 4.89. The van der Waals surface area contributed by atoms with Crippen LogP contribution in [0.5, 0.6) is 0 Å². The summed E-state index contributed by atoms with van der Waals surface area (Å²) in [4.78, 5) is 13.2. The van der Waals surface area contributed by atoms with E-state index in [0.29, 0.717) is 6.42 Å². The quantitative estimate of drug-likeness (QED) is 0.805. The molecule has 1 aliphatic rings. The topological polar surface area (TPSA) is 37.3 Å². The summed E-state index contributed by atoms with van der Waals surface area (Å²) in [5.74, 6) is 0.180. The smallest absolute Gasteiger partial charge is 0.223 e. The third kappa shape index (κ3) is 3.60. The maximum absolute atomic E-state index is 11.5. The van der Waals surface area contributed by atoms with Crippen LogP contribution < -0.4 is 5.32 Å². The number of carbonyl (C=O) groups excluding carboxylic acids is 1. The molecule has 17 heavy (non-hydrogen) atoms. The SMILES string of the molecule is CN(C)C(=O)CCn1cccc1CNC1CC1. The van der Waals surface area contributed by atoms with Gasteiger partial charge in [-0.25, -0.2) is 0 Å². The number of nitrogens with zero attached hydrogens (tertiary/aromatic N) is 2. The van der Waals surface area contributed by atoms with Crippen molar-refractivity contribution >= 4 is 5.91 Å². The molecule has 1 N–H and O–H groups in total. The second-order valence-corrected chi connectivity index (χ2v) is 4.89. The van der Waals surface area contributed by atoms with Crippen molar-refractivity contribution in [2.45, 2.75) is 38.4 Å². The molecule has 0 radical (unpaired) electrons. The van der Waals surface area contributed by atoms with E-state index >= 15 is 0 Å². The number of carbonyl (C=O) groups is 1. The molecule has 1 aromatic rings. The average Bonchev–Trinajstić information content (AvgIpc) is 3.02. The fourth-order valence-electron chi connectivity index (χ4n) is 1.80. The first kappa shape index (κ1) is 12.2. The Labute approximate surface area is 103 Å². The third-order valence-electron chi connectivity index (χ3n) is 3.14. The molecule has 1 aromatic heterocycles. The Morgan fingerprint density at radius 3 is 2.94 bits per heavy atom. The predicted molar refractivity (Wildman–Crippen MR) is 67.6 cm³/mol. The standard InChI is InChI=1S/C13H21N3O/c1-15(2)13(17)7-9-16-8-3-4-12(16)10-14-11-5-6-11/h3-4,8,11,14H,5-7,9-10H2,1-2H3. The Kier molecular flexibility index (Phi) is 3.84. The summed E-state index contributed by atoms with van der Waals surface area (Å²) in [7, 11) is 3.60. The molecule has 2 rings (SSSR count). The van der Waals surface area contributed by atoms with E-state index in [4.69, 9.17) is 0 Å². The largest absolute Gasteiger partial charge is 0.350 e. The molecule has 0 aliphatic heterocycles. The fraction of sp³-hybridized carbons (Fsp3) is 0.615. The number of hydrogen-bond acceptors (Lipinski definition) is 2. The first-order chi connectivity index (χ1) is 8.16. The fourth-order valence-corrected chi connectivity index (χ4v) is 1.80. The lowest BCUT2D eigenvalue weighted by Crippen LogP contribution is -2.24. The molecule has 0 saturated heterocycles. The lowest BCUT2D eigenvalue weighted by Gasteiger charge is -2.12. The van der Waals surface area contributed by atoms with Crippen LogP contribution in [0.25, 0.3) is 0 Å². The summed E-state index contributed by atoms with van der Waals surface area (Å²) in [6.07, 6.45) is 5.23. The molecule has 4 heteroatoms. The van der Waals surface area contributed by atoms with Gasteiger partial charge in [0.1, 0.15) is 0 Å². The Bertz CT molecular complexity index is 380. The van der Waals surface area contributed by atoms with Crippen molar-refractivity contribution in [2.75, 3.05) is 14.1 Å². The van der Waals surface area contributed by atoms with Crippen molar-refractivity contribution < 1.29 is 4.79 Å². The molecule has 0 spiro atoms. The van der Waals surface area contributed by atoms with Crippen LogP contribution in [0.15, 0.2) is 18.3 Å². The molecule has 1 aliphatic carbocycles. The summed E-state index contributed by atoms with van der Waals surface area (Å²) < 4.78 is 2.16. The number of rotatable bonds is 6. The highest BCUT2D eigenvalue weighted by atomic mass is 16.2. The van der Waals surface area contributed by atoms with Crippen LogP contribution in [0.1, 0.15) is 25.0 Å². The zero-order chi connectivity index (χ0) is 12.3. The highest BCUT2D eigenvalue weighted by Crippen LogP contribution is 2.19. The molecule has 0 bridgehead atoms. The van der Waals surface area contributed by atoms with Crippen LogP contribution in [0.2, 0.25) is 0 Å². The lowest BCUT2D eigenvalue weighted by molar-refractivity contribution is -0.128. The van der Waals surface area contributed by atoms with Crippen molar-refractivity contribution in [3.05, 3.63) is 24.0 Å². The van der Waals surface area contributed by atoms with Gasteiger partial charge in [0.15, 0.2) is 0 Å². The molecular weight excluding hydrogens is 214 g/mol. The molecule has 0 aromatic carbocycles. The van der Waals surface area contributed by atoms with Crippen LogP contribution in [0, 0.1) is 0 Å². The van der Waals surface area contributed by atoms with Gasteiger partial charge in [0.2, 0.25) is 5.91 Å². The van der Waals surface area contributed by atoms with Gasteiger partial charge >= 0.3 is 0 Å². The summed E-state index contributed by atoms with van der Waals surface area (Å²) in [6.45, 7) is 1.68. The molecule has 0 atom stereocenters. The van der Waals surface area contributed by atoms with Gasteiger partial charge in [-0.05, 0) is 25.0 Å². The van der Waals surface area contributed by atoms with Gasteiger partial charge in [0.05, 0.1) is 0 Å². The predicted octanol–water partition coefficient (Wildman–Crippen LogP) is 1.22. The zero-order valence-electron chi connectivity index (χ0n) is 10.6. The van der Waals surface area contributed by atoms with Gasteiger partial charge in [0.25, 0.3) is 0 Å². The minimum Gasteiger partial charge on any atom is -0.350 e. The molecule has 4 nitrogen and oxygen atoms in total. The Morgan fingerprint density at radius 1 is 1.53 bits per heavy atom. The van der Waals surface area contributed by atoms with E-state index in [-0.39, 0.29) is 5.91 Å². The number of aryl methyl sites for hydroxylation is 1.